The Balaban J connectivity index is 1.46. The summed E-state index contributed by atoms with van der Waals surface area (Å²) in [6, 6.07) is 13.1. The SMILES string of the molecule is Cc1c(Cl)cccc1NC(=O)C(C)N1CCCC(c2nc3ccccc3o2)C1. The highest BCUT2D eigenvalue weighted by Crippen LogP contribution is 2.30. The van der Waals surface area contributed by atoms with E-state index in [0.717, 1.165) is 54.2 Å². The van der Waals surface area contributed by atoms with Gasteiger partial charge in [0.15, 0.2) is 11.5 Å². The maximum absolute atomic E-state index is 12.8. The Morgan fingerprint density at radius 1 is 1.29 bits per heavy atom. The van der Waals surface area contributed by atoms with Crippen molar-refractivity contribution >= 4 is 34.3 Å². The molecule has 0 spiro atoms. The molecule has 0 radical (unpaired) electrons. The Morgan fingerprint density at radius 2 is 2.11 bits per heavy atom. The van der Waals surface area contributed by atoms with Gasteiger partial charge in [-0.15, -0.1) is 0 Å². The van der Waals surface area contributed by atoms with Gasteiger partial charge in [-0.1, -0.05) is 29.8 Å². The molecule has 2 heterocycles. The van der Waals surface area contributed by atoms with Crippen molar-refractivity contribution in [2.45, 2.75) is 38.6 Å². The number of nitrogens with one attached hydrogen (secondary N) is 1. The highest BCUT2D eigenvalue weighted by atomic mass is 35.5. The number of carbonyl (C=O) groups excluding carboxylic acids is 1. The zero-order valence-electron chi connectivity index (χ0n) is 16.1. The van der Waals surface area contributed by atoms with E-state index in [4.69, 9.17) is 16.0 Å². The average molecular weight is 398 g/mol. The second kappa shape index (κ2) is 7.94. The standard InChI is InChI=1S/C22H24ClN3O2/c1-14-17(23)8-5-10-18(14)24-21(27)15(2)26-12-6-7-16(13-26)22-25-19-9-3-4-11-20(19)28-22/h3-5,8-11,15-16H,6-7,12-13H2,1-2H3,(H,24,27). The topological polar surface area (TPSA) is 58.4 Å². The van der Waals surface area contributed by atoms with Crippen LogP contribution in [0.4, 0.5) is 5.69 Å². The van der Waals surface area contributed by atoms with E-state index in [1.165, 1.54) is 0 Å². The van der Waals surface area contributed by atoms with E-state index in [-0.39, 0.29) is 17.9 Å². The molecule has 6 heteroatoms. The maximum atomic E-state index is 12.8. The summed E-state index contributed by atoms with van der Waals surface area (Å²) >= 11 is 6.17. The molecule has 3 aromatic rings. The Bertz CT molecular complexity index is 967. The van der Waals surface area contributed by atoms with Crippen molar-refractivity contribution in [3.05, 3.63) is 58.9 Å². The molecule has 0 aliphatic carbocycles. The van der Waals surface area contributed by atoms with Gasteiger partial charge in [0.05, 0.1) is 6.04 Å². The molecule has 2 aromatic carbocycles. The molecule has 5 nitrogen and oxygen atoms in total. The minimum Gasteiger partial charge on any atom is -0.440 e. The first-order valence-corrected chi connectivity index (χ1v) is 10.1. The quantitative estimate of drug-likeness (QED) is 0.673. The van der Waals surface area contributed by atoms with Crippen LogP contribution in [0.1, 0.15) is 37.1 Å². The van der Waals surface area contributed by atoms with Crippen LogP contribution in [0.25, 0.3) is 11.1 Å². The molecule has 0 bridgehead atoms. The van der Waals surface area contributed by atoms with E-state index in [0.29, 0.717) is 5.02 Å². The van der Waals surface area contributed by atoms with Gasteiger partial charge >= 0.3 is 0 Å². The molecular weight excluding hydrogens is 374 g/mol. The number of carbonyl (C=O) groups is 1. The van der Waals surface area contributed by atoms with Crippen LogP contribution >= 0.6 is 11.6 Å². The highest BCUT2D eigenvalue weighted by Gasteiger charge is 2.30. The van der Waals surface area contributed by atoms with Gasteiger partial charge in [-0.25, -0.2) is 4.98 Å². The van der Waals surface area contributed by atoms with E-state index >= 15 is 0 Å². The molecule has 1 saturated heterocycles. The zero-order chi connectivity index (χ0) is 19.7. The van der Waals surface area contributed by atoms with Gasteiger partial charge in [-0.2, -0.15) is 0 Å². The minimum absolute atomic E-state index is 0.0245. The number of piperidine rings is 1. The largest absolute Gasteiger partial charge is 0.440 e. The third kappa shape index (κ3) is 3.77. The highest BCUT2D eigenvalue weighted by molar-refractivity contribution is 6.31. The second-order valence-corrected chi connectivity index (χ2v) is 7.84. The van der Waals surface area contributed by atoms with E-state index in [2.05, 4.69) is 15.2 Å². The van der Waals surface area contributed by atoms with Crippen molar-refractivity contribution in [3.63, 3.8) is 0 Å². The van der Waals surface area contributed by atoms with Crippen LogP contribution in [0.15, 0.2) is 46.9 Å². The van der Waals surface area contributed by atoms with E-state index in [1.807, 2.05) is 56.3 Å². The maximum Gasteiger partial charge on any atom is 0.241 e. The Hall–Kier alpha value is -2.37. The molecule has 1 aliphatic rings. The van der Waals surface area contributed by atoms with Crippen molar-refractivity contribution in [2.24, 2.45) is 0 Å². The summed E-state index contributed by atoms with van der Waals surface area (Å²) in [7, 11) is 0. The lowest BCUT2D eigenvalue weighted by molar-refractivity contribution is -0.121. The van der Waals surface area contributed by atoms with Gasteiger partial charge in [0.1, 0.15) is 5.52 Å². The third-order valence-corrected chi connectivity index (χ3v) is 5.97. The predicted octanol–water partition coefficient (Wildman–Crippen LogP) is 5.00. The summed E-state index contributed by atoms with van der Waals surface area (Å²) in [6.45, 7) is 5.51. The number of halogens is 1. The number of anilines is 1. The second-order valence-electron chi connectivity index (χ2n) is 7.43. The van der Waals surface area contributed by atoms with Crippen LogP contribution < -0.4 is 5.32 Å². The molecule has 146 valence electrons. The Labute approximate surface area is 169 Å². The van der Waals surface area contributed by atoms with Crippen molar-refractivity contribution < 1.29 is 9.21 Å². The van der Waals surface area contributed by atoms with Gasteiger partial charge in [-0.3, -0.25) is 9.69 Å². The van der Waals surface area contributed by atoms with Crippen molar-refractivity contribution in [1.82, 2.24) is 9.88 Å². The summed E-state index contributed by atoms with van der Waals surface area (Å²) in [5, 5.41) is 3.67. The molecule has 2 unspecified atom stereocenters. The molecule has 1 aromatic heterocycles. The summed E-state index contributed by atoms with van der Waals surface area (Å²) < 4.78 is 5.97. The van der Waals surface area contributed by atoms with E-state index < -0.39 is 0 Å². The number of fused-ring (bicyclic) bond motifs is 1. The molecule has 2 atom stereocenters. The fraction of sp³-hybridized carbons (Fsp3) is 0.364. The predicted molar refractivity (Wildman–Crippen MR) is 112 cm³/mol. The number of aromatic nitrogens is 1. The molecule has 28 heavy (non-hydrogen) atoms. The fourth-order valence-corrected chi connectivity index (χ4v) is 3.94. The number of nitrogens with zero attached hydrogens (tertiary/aromatic N) is 2. The Morgan fingerprint density at radius 3 is 2.93 bits per heavy atom. The summed E-state index contributed by atoms with van der Waals surface area (Å²) in [4.78, 5) is 19.7. The van der Waals surface area contributed by atoms with Gasteiger partial charge in [0.25, 0.3) is 0 Å². The van der Waals surface area contributed by atoms with Gasteiger partial charge in [0.2, 0.25) is 5.91 Å². The van der Waals surface area contributed by atoms with E-state index in [9.17, 15) is 4.79 Å². The molecule has 4 rings (SSSR count). The van der Waals surface area contributed by atoms with Gasteiger partial charge < -0.3 is 9.73 Å². The van der Waals surface area contributed by atoms with Crippen molar-refractivity contribution in [1.29, 1.82) is 0 Å². The summed E-state index contributed by atoms with van der Waals surface area (Å²) in [5.74, 6) is 0.942. The van der Waals surface area contributed by atoms with Crippen LogP contribution in [0.5, 0.6) is 0 Å². The fourth-order valence-electron chi connectivity index (χ4n) is 3.77. The first kappa shape index (κ1) is 19.0. The van der Waals surface area contributed by atoms with Crippen LogP contribution in [-0.2, 0) is 4.79 Å². The number of hydrogen-bond acceptors (Lipinski definition) is 4. The number of rotatable bonds is 4. The molecule has 1 N–H and O–H groups in total. The van der Waals surface area contributed by atoms with Gasteiger partial charge in [-0.05, 0) is 63.1 Å². The lowest BCUT2D eigenvalue weighted by Crippen LogP contribution is -2.46. The monoisotopic (exact) mass is 397 g/mol. The first-order valence-electron chi connectivity index (χ1n) is 9.68. The summed E-state index contributed by atoms with van der Waals surface area (Å²) in [6.07, 6.45) is 2.03. The number of hydrogen-bond donors (Lipinski definition) is 1. The molecule has 1 aliphatic heterocycles. The van der Waals surface area contributed by atoms with Crippen molar-refractivity contribution in [2.75, 3.05) is 18.4 Å². The molecule has 1 fully saturated rings. The number of oxazole rings is 1. The van der Waals surface area contributed by atoms with Crippen LogP contribution in [0.2, 0.25) is 5.02 Å². The molecule has 0 saturated carbocycles. The number of amides is 1. The first-order chi connectivity index (χ1) is 13.5. The normalized spacial score (nSPS) is 18.9. The number of benzene rings is 2. The van der Waals surface area contributed by atoms with Crippen LogP contribution in [-0.4, -0.2) is 34.9 Å². The molecule has 1 amide bonds. The third-order valence-electron chi connectivity index (χ3n) is 5.57. The van der Waals surface area contributed by atoms with Crippen molar-refractivity contribution in [3.8, 4) is 0 Å². The zero-order valence-corrected chi connectivity index (χ0v) is 16.9. The van der Waals surface area contributed by atoms with Gasteiger partial charge in [0, 0.05) is 23.2 Å². The van der Waals surface area contributed by atoms with Crippen LogP contribution in [0, 0.1) is 6.92 Å². The lowest BCUT2D eigenvalue weighted by Gasteiger charge is -2.35. The minimum atomic E-state index is -0.245. The summed E-state index contributed by atoms with van der Waals surface area (Å²) in [5.41, 5.74) is 3.35. The van der Waals surface area contributed by atoms with E-state index in [1.54, 1.807) is 0 Å². The smallest absolute Gasteiger partial charge is 0.241 e. The van der Waals surface area contributed by atoms with Crippen LogP contribution in [0.3, 0.4) is 0 Å². The number of para-hydroxylation sites is 2. The average Bonchev–Trinajstić information content (AvgIpc) is 3.15. The lowest BCUT2D eigenvalue weighted by atomic mass is 9.96. The number of likely N-dealkylation sites (tertiary alicyclic amines) is 1. The molecular formula is C22H24ClN3O2. The Kier molecular flexibility index (Phi) is 5.38.